The van der Waals surface area contributed by atoms with Gasteiger partial charge in [0.05, 0.1) is 6.10 Å². The Hall–Kier alpha value is -0.540. The lowest BCUT2D eigenvalue weighted by Crippen LogP contribution is -2.31. The lowest BCUT2D eigenvalue weighted by atomic mass is 10.2. The molecule has 0 amide bonds. The molecule has 3 heteroatoms. The second-order valence-electron chi connectivity index (χ2n) is 4.47. The summed E-state index contributed by atoms with van der Waals surface area (Å²) in [7, 11) is 0. The third-order valence-corrected chi connectivity index (χ3v) is 3.93. The van der Waals surface area contributed by atoms with E-state index in [9.17, 15) is 0 Å². The van der Waals surface area contributed by atoms with Crippen molar-refractivity contribution in [3.63, 3.8) is 0 Å². The number of rotatable bonds is 5. The van der Waals surface area contributed by atoms with E-state index in [-0.39, 0.29) is 0 Å². The van der Waals surface area contributed by atoms with Gasteiger partial charge in [0.1, 0.15) is 0 Å². The number of likely N-dealkylation sites (N-methyl/N-ethyl adjacent to an activating group) is 1. The molecule has 1 unspecified atom stereocenters. The van der Waals surface area contributed by atoms with Gasteiger partial charge < -0.3 is 9.64 Å². The van der Waals surface area contributed by atoms with Crippen molar-refractivity contribution in [1.29, 1.82) is 0 Å². The lowest BCUT2D eigenvalue weighted by Gasteiger charge is -2.26. The Morgan fingerprint density at radius 1 is 1.35 bits per heavy atom. The topological polar surface area (TPSA) is 12.5 Å². The average Bonchev–Trinajstić information content (AvgIpc) is 2.89. The minimum absolute atomic E-state index is 0.422. The van der Waals surface area contributed by atoms with Gasteiger partial charge in [0, 0.05) is 30.7 Å². The van der Waals surface area contributed by atoms with Crippen LogP contribution in [0.3, 0.4) is 0 Å². The van der Waals surface area contributed by atoms with Crippen LogP contribution in [-0.4, -0.2) is 25.8 Å². The normalized spacial score (nSPS) is 19.5. The van der Waals surface area contributed by atoms with Crippen LogP contribution in [0, 0.1) is 0 Å². The zero-order valence-electron chi connectivity index (χ0n) is 10.4. The van der Waals surface area contributed by atoms with E-state index in [0.717, 1.165) is 25.0 Å². The molecular formula is C14H20BrNO. The summed E-state index contributed by atoms with van der Waals surface area (Å²) in [5.74, 6) is 0. The van der Waals surface area contributed by atoms with Gasteiger partial charge in [-0.25, -0.2) is 0 Å². The van der Waals surface area contributed by atoms with Crippen molar-refractivity contribution in [3.05, 3.63) is 29.8 Å². The number of nitrogens with zero attached hydrogens (tertiary/aromatic N) is 1. The molecule has 0 N–H and O–H groups in total. The smallest absolute Gasteiger partial charge is 0.0750 e. The van der Waals surface area contributed by atoms with Gasteiger partial charge in [-0.05, 0) is 37.5 Å². The molecule has 0 radical (unpaired) electrons. The van der Waals surface area contributed by atoms with Crippen LogP contribution in [0.2, 0.25) is 0 Å². The number of alkyl halides is 1. The molecule has 0 saturated carbocycles. The van der Waals surface area contributed by atoms with E-state index >= 15 is 0 Å². The highest BCUT2D eigenvalue weighted by atomic mass is 79.9. The van der Waals surface area contributed by atoms with Crippen molar-refractivity contribution in [1.82, 2.24) is 0 Å². The molecule has 1 saturated heterocycles. The second-order valence-corrected chi connectivity index (χ2v) is 5.03. The van der Waals surface area contributed by atoms with E-state index in [4.69, 9.17) is 4.74 Å². The highest BCUT2D eigenvalue weighted by molar-refractivity contribution is 9.08. The van der Waals surface area contributed by atoms with E-state index in [1.54, 1.807) is 0 Å². The maximum absolute atomic E-state index is 5.70. The molecule has 1 fully saturated rings. The van der Waals surface area contributed by atoms with Crippen LogP contribution in [0.25, 0.3) is 0 Å². The Bertz CT molecular complexity index is 333. The van der Waals surface area contributed by atoms with E-state index in [0.29, 0.717) is 6.10 Å². The molecule has 1 heterocycles. The first-order valence-electron chi connectivity index (χ1n) is 6.35. The van der Waals surface area contributed by atoms with Crippen molar-refractivity contribution in [3.8, 4) is 0 Å². The van der Waals surface area contributed by atoms with Gasteiger partial charge in [-0.3, -0.25) is 0 Å². The molecule has 1 aliphatic heterocycles. The van der Waals surface area contributed by atoms with E-state index in [2.05, 4.69) is 52.0 Å². The highest BCUT2D eigenvalue weighted by Gasteiger charge is 2.18. The molecule has 1 atom stereocenters. The van der Waals surface area contributed by atoms with E-state index < -0.39 is 0 Å². The predicted octanol–water partition coefficient (Wildman–Crippen LogP) is 3.59. The summed E-state index contributed by atoms with van der Waals surface area (Å²) in [4.78, 5) is 2.40. The van der Waals surface area contributed by atoms with Crippen LogP contribution in [-0.2, 0) is 10.1 Å². The van der Waals surface area contributed by atoms with E-state index in [1.807, 2.05) is 0 Å². The molecule has 0 aromatic heterocycles. The number of benzene rings is 1. The quantitative estimate of drug-likeness (QED) is 0.770. The van der Waals surface area contributed by atoms with Crippen LogP contribution in [0.5, 0.6) is 0 Å². The Morgan fingerprint density at radius 3 is 2.65 bits per heavy atom. The second kappa shape index (κ2) is 6.41. The molecular weight excluding hydrogens is 278 g/mol. The molecule has 17 heavy (non-hydrogen) atoms. The Labute approximate surface area is 112 Å². The number of hydrogen-bond donors (Lipinski definition) is 0. The maximum Gasteiger partial charge on any atom is 0.0750 e. The van der Waals surface area contributed by atoms with E-state index in [1.165, 1.54) is 24.1 Å². The minimum atomic E-state index is 0.422. The molecule has 0 spiro atoms. The number of halogens is 1. The molecule has 94 valence electrons. The fourth-order valence-electron chi connectivity index (χ4n) is 2.25. The van der Waals surface area contributed by atoms with Gasteiger partial charge in [0.25, 0.3) is 0 Å². The Kier molecular flexibility index (Phi) is 4.86. The standard InChI is InChI=1S/C14H20BrNO/c1-2-16(11-14-4-3-9-17-14)13-7-5-12(10-15)6-8-13/h5-8,14H,2-4,9-11H2,1H3. The third kappa shape index (κ3) is 3.46. The van der Waals surface area contributed by atoms with Gasteiger partial charge in [-0.15, -0.1) is 0 Å². The van der Waals surface area contributed by atoms with Gasteiger partial charge in [0.2, 0.25) is 0 Å². The van der Waals surface area contributed by atoms with Crippen molar-refractivity contribution < 1.29 is 4.74 Å². The van der Waals surface area contributed by atoms with Gasteiger partial charge >= 0.3 is 0 Å². The summed E-state index contributed by atoms with van der Waals surface area (Å²) in [6, 6.07) is 8.77. The van der Waals surface area contributed by atoms with Crippen molar-refractivity contribution in [2.45, 2.75) is 31.2 Å². The first-order valence-corrected chi connectivity index (χ1v) is 7.47. The molecule has 2 nitrogen and oxygen atoms in total. The summed E-state index contributed by atoms with van der Waals surface area (Å²) < 4.78 is 5.70. The van der Waals surface area contributed by atoms with Crippen LogP contribution in [0.1, 0.15) is 25.3 Å². The first-order chi connectivity index (χ1) is 8.33. The molecule has 1 aliphatic rings. The average molecular weight is 298 g/mol. The first kappa shape index (κ1) is 12.9. The SMILES string of the molecule is CCN(CC1CCCO1)c1ccc(CBr)cc1. The van der Waals surface area contributed by atoms with Gasteiger partial charge in [-0.2, -0.15) is 0 Å². The van der Waals surface area contributed by atoms with Crippen LogP contribution >= 0.6 is 15.9 Å². The molecule has 1 aromatic rings. The summed E-state index contributed by atoms with van der Waals surface area (Å²) in [5, 5.41) is 0.922. The van der Waals surface area contributed by atoms with Gasteiger partial charge in [-0.1, -0.05) is 28.1 Å². The Morgan fingerprint density at radius 2 is 2.12 bits per heavy atom. The minimum Gasteiger partial charge on any atom is -0.376 e. The van der Waals surface area contributed by atoms with Crippen LogP contribution in [0.4, 0.5) is 5.69 Å². The van der Waals surface area contributed by atoms with Crippen molar-refractivity contribution in [2.24, 2.45) is 0 Å². The zero-order valence-corrected chi connectivity index (χ0v) is 11.9. The molecule has 0 bridgehead atoms. The Balaban J connectivity index is 2.00. The highest BCUT2D eigenvalue weighted by Crippen LogP contribution is 2.20. The molecule has 2 rings (SSSR count). The fourth-order valence-corrected chi connectivity index (χ4v) is 2.62. The molecule has 1 aromatic carbocycles. The van der Waals surface area contributed by atoms with Gasteiger partial charge in [0.15, 0.2) is 0 Å². The summed E-state index contributed by atoms with van der Waals surface area (Å²) in [5.41, 5.74) is 2.62. The summed E-state index contributed by atoms with van der Waals surface area (Å²) >= 11 is 3.47. The third-order valence-electron chi connectivity index (χ3n) is 3.29. The molecule has 0 aliphatic carbocycles. The number of hydrogen-bond acceptors (Lipinski definition) is 2. The van der Waals surface area contributed by atoms with Crippen molar-refractivity contribution >= 4 is 21.6 Å². The summed E-state index contributed by atoms with van der Waals surface area (Å²) in [6.45, 7) is 5.19. The largest absolute Gasteiger partial charge is 0.376 e. The monoisotopic (exact) mass is 297 g/mol. The summed E-state index contributed by atoms with van der Waals surface area (Å²) in [6.07, 6.45) is 2.84. The number of ether oxygens (including phenoxy) is 1. The predicted molar refractivity (Wildman–Crippen MR) is 75.9 cm³/mol. The maximum atomic E-state index is 5.70. The lowest BCUT2D eigenvalue weighted by molar-refractivity contribution is 0.115. The van der Waals surface area contributed by atoms with Crippen LogP contribution < -0.4 is 4.90 Å². The number of anilines is 1. The zero-order chi connectivity index (χ0) is 12.1. The fraction of sp³-hybridized carbons (Fsp3) is 0.571. The van der Waals surface area contributed by atoms with Crippen molar-refractivity contribution in [2.75, 3.05) is 24.6 Å². The van der Waals surface area contributed by atoms with Crippen LogP contribution in [0.15, 0.2) is 24.3 Å².